The van der Waals surface area contributed by atoms with Crippen LogP contribution in [0.1, 0.15) is 33.1 Å². The third-order valence-electron chi connectivity index (χ3n) is 2.70. The molecule has 0 spiro atoms. The van der Waals surface area contributed by atoms with Gasteiger partial charge in [0.1, 0.15) is 19.0 Å². The van der Waals surface area contributed by atoms with Gasteiger partial charge in [-0.25, -0.2) is 0 Å². The largest absolute Gasteiger partial charge is 0.490 e. The first kappa shape index (κ1) is 18.0. The van der Waals surface area contributed by atoms with Crippen molar-refractivity contribution in [3.05, 3.63) is 30.3 Å². The van der Waals surface area contributed by atoms with E-state index in [0.29, 0.717) is 25.6 Å². The SMILES string of the molecule is CC(C)COC(=O)CCCC(=O)OCCOc1ccccc1. The van der Waals surface area contributed by atoms with E-state index in [4.69, 9.17) is 14.2 Å². The Hall–Kier alpha value is -2.04. The highest BCUT2D eigenvalue weighted by atomic mass is 16.6. The standard InChI is InChI=1S/C17H24O5/c1-14(2)13-22-17(19)10-6-9-16(18)21-12-11-20-15-7-4-3-5-8-15/h3-5,7-8,14H,6,9-13H2,1-2H3. The number of hydrogen-bond acceptors (Lipinski definition) is 5. The van der Waals surface area contributed by atoms with E-state index in [-0.39, 0.29) is 31.4 Å². The van der Waals surface area contributed by atoms with Crippen molar-refractivity contribution in [3.63, 3.8) is 0 Å². The van der Waals surface area contributed by atoms with E-state index in [9.17, 15) is 9.59 Å². The zero-order valence-corrected chi connectivity index (χ0v) is 13.2. The van der Waals surface area contributed by atoms with Gasteiger partial charge in [-0.3, -0.25) is 9.59 Å². The van der Waals surface area contributed by atoms with Crippen molar-refractivity contribution in [1.82, 2.24) is 0 Å². The quantitative estimate of drug-likeness (QED) is 0.491. The summed E-state index contributed by atoms with van der Waals surface area (Å²) in [6.45, 7) is 4.88. The Morgan fingerprint density at radius 2 is 1.59 bits per heavy atom. The number of esters is 2. The molecule has 0 fully saturated rings. The third-order valence-corrected chi connectivity index (χ3v) is 2.70. The minimum atomic E-state index is -0.326. The van der Waals surface area contributed by atoms with Crippen LogP contribution in [0.15, 0.2) is 30.3 Å². The van der Waals surface area contributed by atoms with Crippen molar-refractivity contribution in [2.45, 2.75) is 33.1 Å². The van der Waals surface area contributed by atoms with Gasteiger partial charge in [-0.1, -0.05) is 32.0 Å². The lowest BCUT2D eigenvalue weighted by Crippen LogP contribution is -2.13. The molecule has 0 N–H and O–H groups in total. The van der Waals surface area contributed by atoms with E-state index >= 15 is 0 Å². The number of ether oxygens (including phenoxy) is 3. The summed E-state index contributed by atoms with van der Waals surface area (Å²) in [5.74, 6) is 0.465. The molecule has 0 saturated heterocycles. The van der Waals surface area contributed by atoms with E-state index in [1.165, 1.54) is 0 Å². The molecular weight excluding hydrogens is 284 g/mol. The fourth-order valence-electron chi connectivity index (χ4n) is 1.61. The molecule has 0 saturated carbocycles. The predicted molar refractivity (Wildman–Crippen MR) is 82.5 cm³/mol. The first-order valence-electron chi connectivity index (χ1n) is 7.57. The number of benzene rings is 1. The summed E-state index contributed by atoms with van der Waals surface area (Å²) in [6, 6.07) is 9.33. The molecule has 0 amide bonds. The van der Waals surface area contributed by atoms with Crippen LogP contribution in [0.25, 0.3) is 0 Å². The van der Waals surface area contributed by atoms with Crippen LogP contribution < -0.4 is 4.74 Å². The summed E-state index contributed by atoms with van der Waals surface area (Å²) in [7, 11) is 0. The molecule has 0 atom stereocenters. The minimum absolute atomic E-state index is 0.200. The highest BCUT2D eigenvalue weighted by Gasteiger charge is 2.08. The van der Waals surface area contributed by atoms with E-state index in [2.05, 4.69) is 0 Å². The normalized spacial score (nSPS) is 10.3. The molecule has 0 aliphatic rings. The first-order valence-corrected chi connectivity index (χ1v) is 7.57. The van der Waals surface area contributed by atoms with Gasteiger partial charge in [0.15, 0.2) is 0 Å². The first-order chi connectivity index (χ1) is 10.6. The van der Waals surface area contributed by atoms with E-state index in [1.54, 1.807) is 0 Å². The summed E-state index contributed by atoms with van der Waals surface area (Å²) in [5.41, 5.74) is 0. The molecule has 1 aromatic rings. The van der Waals surface area contributed by atoms with Crippen LogP contribution in [0.3, 0.4) is 0 Å². The Bertz CT molecular complexity index is 442. The summed E-state index contributed by atoms with van der Waals surface area (Å²) in [5, 5.41) is 0. The number of carbonyl (C=O) groups is 2. The smallest absolute Gasteiger partial charge is 0.305 e. The summed E-state index contributed by atoms with van der Waals surface area (Å²) < 4.78 is 15.5. The van der Waals surface area contributed by atoms with Crippen LogP contribution in [0.4, 0.5) is 0 Å². The fraction of sp³-hybridized carbons (Fsp3) is 0.529. The molecule has 0 aliphatic carbocycles. The van der Waals surface area contributed by atoms with Gasteiger partial charge in [-0.15, -0.1) is 0 Å². The van der Waals surface area contributed by atoms with Gasteiger partial charge in [0.05, 0.1) is 6.61 Å². The molecule has 1 aromatic carbocycles. The van der Waals surface area contributed by atoms with Gasteiger partial charge in [0.2, 0.25) is 0 Å². The number of para-hydroxylation sites is 1. The minimum Gasteiger partial charge on any atom is -0.490 e. The van der Waals surface area contributed by atoms with Gasteiger partial charge in [-0.05, 0) is 24.5 Å². The monoisotopic (exact) mass is 308 g/mol. The molecule has 122 valence electrons. The van der Waals surface area contributed by atoms with Gasteiger partial charge >= 0.3 is 11.9 Å². The Morgan fingerprint density at radius 1 is 0.955 bits per heavy atom. The molecule has 0 aliphatic heterocycles. The lowest BCUT2D eigenvalue weighted by Gasteiger charge is -2.08. The van der Waals surface area contributed by atoms with E-state index in [1.807, 2.05) is 44.2 Å². The summed E-state index contributed by atoms with van der Waals surface area (Å²) in [4.78, 5) is 22.8. The van der Waals surface area contributed by atoms with E-state index in [0.717, 1.165) is 5.75 Å². The number of carbonyl (C=O) groups excluding carboxylic acids is 2. The highest BCUT2D eigenvalue weighted by Crippen LogP contribution is 2.08. The topological polar surface area (TPSA) is 61.8 Å². The van der Waals surface area contributed by atoms with Crippen LogP contribution in [0.5, 0.6) is 5.75 Å². The molecule has 1 rings (SSSR count). The summed E-state index contributed by atoms with van der Waals surface area (Å²) in [6.07, 6.45) is 0.889. The molecule has 0 radical (unpaired) electrons. The Balaban J connectivity index is 2.00. The summed E-state index contributed by atoms with van der Waals surface area (Å²) >= 11 is 0. The van der Waals surface area contributed by atoms with Crippen LogP contribution in [-0.2, 0) is 19.1 Å². The van der Waals surface area contributed by atoms with Crippen LogP contribution >= 0.6 is 0 Å². The van der Waals surface area contributed by atoms with Crippen molar-refractivity contribution >= 4 is 11.9 Å². The van der Waals surface area contributed by atoms with Gasteiger partial charge < -0.3 is 14.2 Å². The molecular formula is C17H24O5. The lowest BCUT2D eigenvalue weighted by atomic mass is 10.2. The molecule has 0 heterocycles. The van der Waals surface area contributed by atoms with Crippen molar-refractivity contribution < 1.29 is 23.8 Å². The Kier molecular flexibility index (Phi) is 8.72. The third kappa shape index (κ3) is 9.00. The van der Waals surface area contributed by atoms with Gasteiger partial charge in [0, 0.05) is 12.8 Å². The van der Waals surface area contributed by atoms with Crippen LogP contribution in [-0.4, -0.2) is 31.8 Å². The fourth-order valence-corrected chi connectivity index (χ4v) is 1.61. The zero-order chi connectivity index (χ0) is 16.2. The maximum atomic E-state index is 11.5. The number of hydrogen-bond donors (Lipinski definition) is 0. The molecule has 0 bridgehead atoms. The molecule has 5 heteroatoms. The van der Waals surface area contributed by atoms with E-state index < -0.39 is 0 Å². The zero-order valence-electron chi connectivity index (χ0n) is 13.2. The Labute approximate surface area is 131 Å². The average Bonchev–Trinajstić information content (AvgIpc) is 2.50. The Morgan fingerprint density at radius 3 is 2.23 bits per heavy atom. The van der Waals surface area contributed by atoms with Crippen molar-refractivity contribution in [1.29, 1.82) is 0 Å². The van der Waals surface area contributed by atoms with Crippen molar-refractivity contribution in [3.8, 4) is 5.75 Å². The van der Waals surface area contributed by atoms with Crippen molar-refractivity contribution in [2.24, 2.45) is 5.92 Å². The molecule has 0 unspecified atom stereocenters. The second-order valence-electron chi connectivity index (χ2n) is 5.31. The maximum absolute atomic E-state index is 11.5. The predicted octanol–water partition coefficient (Wildman–Crippen LogP) is 2.98. The molecule has 22 heavy (non-hydrogen) atoms. The molecule has 0 aromatic heterocycles. The second kappa shape index (κ2) is 10.7. The second-order valence-corrected chi connectivity index (χ2v) is 5.31. The van der Waals surface area contributed by atoms with Crippen LogP contribution in [0, 0.1) is 5.92 Å². The van der Waals surface area contributed by atoms with Crippen LogP contribution in [0.2, 0.25) is 0 Å². The maximum Gasteiger partial charge on any atom is 0.305 e. The van der Waals surface area contributed by atoms with Gasteiger partial charge in [-0.2, -0.15) is 0 Å². The number of rotatable bonds is 10. The highest BCUT2D eigenvalue weighted by molar-refractivity contribution is 5.72. The average molecular weight is 308 g/mol. The molecule has 5 nitrogen and oxygen atoms in total. The van der Waals surface area contributed by atoms with Gasteiger partial charge in [0.25, 0.3) is 0 Å². The van der Waals surface area contributed by atoms with Crippen molar-refractivity contribution in [2.75, 3.05) is 19.8 Å². The lowest BCUT2D eigenvalue weighted by molar-refractivity contribution is -0.146.